The number of carbonyl (C=O) groups excluding carboxylic acids is 1. The zero-order valence-corrected chi connectivity index (χ0v) is 12.5. The van der Waals surface area contributed by atoms with Gasteiger partial charge in [-0.2, -0.15) is 0 Å². The van der Waals surface area contributed by atoms with Crippen LogP contribution in [0.4, 0.5) is 0 Å². The molecule has 3 heteroatoms. The average molecular weight is 230 g/mol. The Morgan fingerprint density at radius 2 is 1.53 bits per heavy atom. The molecule has 0 radical (unpaired) electrons. The van der Waals surface area contributed by atoms with Gasteiger partial charge >= 0.3 is 0 Å². The van der Waals surface area contributed by atoms with Crippen LogP contribution < -0.4 is 0 Å². The molecule has 0 aromatic rings. The van der Waals surface area contributed by atoms with E-state index in [0.717, 1.165) is 6.42 Å². The minimum Gasteiger partial charge on any atom is -0.519 e. The third kappa shape index (κ3) is 3.63. The Morgan fingerprint density at radius 3 is 1.80 bits per heavy atom. The smallest absolute Gasteiger partial charge is 0.298 e. The Morgan fingerprint density at radius 1 is 1.13 bits per heavy atom. The van der Waals surface area contributed by atoms with Crippen LogP contribution in [0.15, 0.2) is 0 Å². The monoisotopic (exact) mass is 230 g/mol. The Bertz CT molecular complexity index is 236. The lowest BCUT2D eigenvalue weighted by molar-refractivity contribution is -0.145. The quantitative estimate of drug-likeness (QED) is 0.686. The SMILES string of the molecule is CCC(C)(C)C(=O)O[Si](C)(C)C(C)(C)C. The highest BCUT2D eigenvalue weighted by molar-refractivity contribution is 6.75. The fourth-order valence-corrected chi connectivity index (χ4v) is 1.71. The number of hydrogen-bond donors (Lipinski definition) is 0. The van der Waals surface area contributed by atoms with Crippen LogP contribution >= 0.6 is 0 Å². The Labute approximate surface area is 95.5 Å². The van der Waals surface area contributed by atoms with Crippen molar-refractivity contribution in [3.63, 3.8) is 0 Å². The molecule has 0 unspecified atom stereocenters. The average Bonchev–Trinajstić information content (AvgIpc) is 2.01. The molecule has 0 aromatic carbocycles. The van der Waals surface area contributed by atoms with Gasteiger partial charge in [0.25, 0.3) is 14.3 Å². The van der Waals surface area contributed by atoms with Gasteiger partial charge in [-0.15, -0.1) is 0 Å². The van der Waals surface area contributed by atoms with Crippen LogP contribution in [0.25, 0.3) is 0 Å². The molecule has 0 saturated carbocycles. The van der Waals surface area contributed by atoms with E-state index in [9.17, 15) is 4.79 Å². The van der Waals surface area contributed by atoms with E-state index < -0.39 is 8.32 Å². The Balaban J connectivity index is 4.70. The van der Waals surface area contributed by atoms with Crippen molar-refractivity contribution in [1.82, 2.24) is 0 Å². The van der Waals surface area contributed by atoms with Crippen LogP contribution in [0.1, 0.15) is 48.0 Å². The molecule has 0 heterocycles. The second-order valence-corrected chi connectivity index (χ2v) is 11.1. The summed E-state index contributed by atoms with van der Waals surface area (Å²) < 4.78 is 5.76. The van der Waals surface area contributed by atoms with Gasteiger partial charge in [-0.1, -0.05) is 27.7 Å². The summed E-state index contributed by atoms with van der Waals surface area (Å²) in [5, 5.41) is 0.0898. The molecule has 90 valence electrons. The van der Waals surface area contributed by atoms with Crippen LogP contribution in [0.3, 0.4) is 0 Å². The molecule has 0 atom stereocenters. The second-order valence-electron chi connectivity index (χ2n) is 6.39. The fourth-order valence-electron chi connectivity index (χ4n) is 0.667. The normalized spacial score (nSPS) is 13.9. The molecule has 0 spiro atoms. The zero-order valence-electron chi connectivity index (χ0n) is 11.5. The van der Waals surface area contributed by atoms with Gasteiger partial charge in [0, 0.05) is 0 Å². The maximum Gasteiger partial charge on any atom is 0.298 e. The van der Waals surface area contributed by atoms with Gasteiger partial charge in [-0.25, -0.2) is 0 Å². The molecule has 0 saturated heterocycles. The molecule has 0 amide bonds. The highest BCUT2D eigenvalue weighted by Crippen LogP contribution is 2.38. The first-order chi connectivity index (χ1) is 6.44. The fraction of sp³-hybridized carbons (Fsp3) is 0.917. The van der Waals surface area contributed by atoms with E-state index in [1.165, 1.54) is 0 Å². The molecule has 2 nitrogen and oxygen atoms in total. The van der Waals surface area contributed by atoms with Crippen molar-refractivity contribution >= 4 is 14.3 Å². The summed E-state index contributed by atoms with van der Waals surface area (Å²) in [6.45, 7) is 16.6. The zero-order chi connectivity index (χ0) is 12.5. The summed E-state index contributed by atoms with van der Waals surface area (Å²) in [5.41, 5.74) is -0.352. The van der Waals surface area contributed by atoms with Gasteiger partial charge in [0.1, 0.15) is 0 Å². The summed E-state index contributed by atoms with van der Waals surface area (Å²) in [6.07, 6.45) is 0.820. The molecule has 0 N–H and O–H groups in total. The highest BCUT2D eigenvalue weighted by atomic mass is 28.4. The third-order valence-electron chi connectivity index (χ3n) is 3.59. The Kier molecular flexibility index (Phi) is 4.19. The van der Waals surface area contributed by atoms with Crippen molar-refractivity contribution in [2.24, 2.45) is 5.41 Å². The maximum atomic E-state index is 12.0. The second kappa shape index (κ2) is 4.28. The molecule has 0 fully saturated rings. The van der Waals surface area contributed by atoms with Crippen LogP contribution in [0, 0.1) is 5.41 Å². The molecule has 0 aliphatic rings. The molecule has 0 bridgehead atoms. The van der Waals surface area contributed by atoms with Crippen molar-refractivity contribution in [2.75, 3.05) is 0 Å². The van der Waals surface area contributed by atoms with Gasteiger partial charge in [-0.05, 0) is 38.4 Å². The minimum absolute atomic E-state index is 0.0448. The number of hydrogen-bond acceptors (Lipinski definition) is 2. The van der Waals surface area contributed by atoms with E-state index in [4.69, 9.17) is 4.43 Å². The first-order valence-corrected chi connectivity index (χ1v) is 8.58. The Hall–Kier alpha value is -0.313. The molecule has 15 heavy (non-hydrogen) atoms. The third-order valence-corrected chi connectivity index (χ3v) is 7.90. The van der Waals surface area contributed by atoms with E-state index >= 15 is 0 Å². The van der Waals surface area contributed by atoms with Crippen LogP contribution in [-0.2, 0) is 9.22 Å². The van der Waals surface area contributed by atoms with Crippen molar-refractivity contribution < 1.29 is 9.22 Å². The summed E-state index contributed by atoms with van der Waals surface area (Å²) in [6, 6.07) is 0. The molecule has 0 aliphatic heterocycles. The maximum absolute atomic E-state index is 12.0. The highest BCUT2D eigenvalue weighted by Gasteiger charge is 2.42. The van der Waals surface area contributed by atoms with Crippen LogP contribution in [0.2, 0.25) is 18.1 Å². The van der Waals surface area contributed by atoms with Crippen LogP contribution in [0.5, 0.6) is 0 Å². The molecular formula is C12H26O2Si. The predicted octanol–water partition coefficient (Wildman–Crippen LogP) is 3.97. The predicted molar refractivity (Wildman–Crippen MR) is 67.4 cm³/mol. The van der Waals surface area contributed by atoms with Gasteiger partial charge in [0.15, 0.2) is 0 Å². The topological polar surface area (TPSA) is 26.3 Å². The lowest BCUT2D eigenvalue weighted by Crippen LogP contribution is -2.45. The van der Waals surface area contributed by atoms with Crippen LogP contribution in [-0.4, -0.2) is 14.3 Å². The van der Waals surface area contributed by atoms with Crippen molar-refractivity contribution in [1.29, 1.82) is 0 Å². The van der Waals surface area contributed by atoms with Gasteiger partial charge in [-0.3, -0.25) is 4.79 Å². The standard InChI is InChI=1S/C12H26O2Si/c1-9-12(5,6)10(13)14-15(7,8)11(2,3)4/h9H2,1-8H3. The molecule has 0 aromatic heterocycles. The van der Waals surface area contributed by atoms with Gasteiger partial charge in [0.2, 0.25) is 0 Å². The molecule has 0 aliphatic carbocycles. The summed E-state index contributed by atoms with van der Waals surface area (Å²) in [7, 11) is -1.94. The lowest BCUT2D eigenvalue weighted by atomic mass is 9.91. The number of rotatable bonds is 3. The largest absolute Gasteiger partial charge is 0.519 e. The lowest BCUT2D eigenvalue weighted by Gasteiger charge is -2.37. The van der Waals surface area contributed by atoms with E-state index in [2.05, 4.69) is 33.9 Å². The van der Waals surface area contributed by atoms with Gasteiger partial charge in [0.05, 0.1) is 5.41 Å². The number of carbonyl (C=O) groups is 1. The summed E-state index contributed by atoms with van der Waals surface area (Å²) >= 11 is 0. The minimum atomic E-state index is -1.94. The summed E-state index contributed by atoms with van der Waals surface area (Å²) in [5.74, 6) is -0.0448. The summed E-state index contributed by atoms with van der Waals surface area (Å²) in [4.78, 5) is 12.0. The molecular weight excluding hydrogens is 204 g/mol. The van der Waals surface area contributed by atoms with Gasteiger partial charge < -0.3 is 4.43 Å². The van der Waals surface area contributed by atoms with E-state index in [1.54, 1.807) is 0 Å². The van der Waals surface area contributed by atoms with E-state index in [1.807, 2.05) is 20.8 Å². The van der Waals surface area contributed by atoms with Crippen molar-refractivity contribution in [3.8, 4) is 0 Å². The van der Waals surface area contributed by atoms with E-state index in [0.29, 0.717) is 0 Å². The van der Waals surface area contributed by atoms with Crippen molar-refractivity contribution in [3.05, 3.63) is 0 Å². The first kappa shape index (κ1) is 14.7. The first-order valence-electron chi connectivity index (χ1n) is 5.67. The van der Waals surface area contributed by atoms with Crippen molar-refractivity contribution in [2.45, 2.75) is 66.1 Å². The van der Waals surface area contributed by atoms with E-state index in [-0.39, 0.29) is 16.4 Å². The molecule has 0 rings (SSSR count).